The van der Waals surface area contributed by atoms with Crippen molar-refractivity contribution in [2.45, 2.75) is 13.8 Å². The Bertz CT molecular complexity index is 504. The molecule has 2 rings (SSSR count). The number of benzene rings is 1. The van der Waals surface area contributed by atoms with Gasteiger partial charge in [0.15, 0.2) is 0 Å². The maximum absolute atomic E-state index is 13.7. The van der Waals surface area contributed by atoms with Gasteiger partial charge >= 0.3 is 6.03 Å². The molecule has 20 heavy (non-hydrogen) atoms. The van der Waals surface area contributed by atoms with Gasteiger partial charge in [0.1, 0.15) is 5.82 Å². The lowest BCUT2D eigenvalue weighted by Crippen LogP contribution is -2.51. The largest absolute Gasteiger partial charge is 0.366 e. The molecule has 2 amide bonds. The quantitative estimate of drug-likeness (QED) is 0.902. The van der Waals surface area contributed by atoms with E-state index in [0.29, 0.717) is 31.9 Å². The summed E-state index contributed by atoms with van der Waals surface area (Å²) < 4.78 is 13.7. The number of allylic oxidation sites excluding steroid dienone is 1. The number of para-hydroxylation sites is 1. The van der Waals surface area contributed by atoms with Crippen LogP contribution in [0.5, 0.6) is 0 Å². The molecule has 1 N–H and O–H groups in total. The Labute approximate surface area is 118 Å². The second-order valence-electron chi connectivity index (χ2n) is 5.10. The Kier molecular flexibility index (Phi) is 4.61. The third kappa shape index (κ3) is 3.50. The summed E-state index contributed by atoms with van der Waals surface area (Å²) in [6.07, 6.45) is 1.70. The van der Waals surface area contributed by atoms with Crippen molar-refractivity contribution < 1.29 is 9.18 Å². The molecule has 0 aliphatic carbocycles. The maximum atomic E-state index is 13.7. The van der Waals surface area contributed by atoms with Gasteiger partial charge < -0.3 is 15.1 Å². The van der Waals surface area contributed by atoms with Crippen LogP contribution in [0.15, 0.2) is 36.0 Å². The van der Waals surface area contributed by atoms with Crippen LogP contribution in [0.3, 0.4) is 0 Å². The Morgan fingerprint density at radius 2 is 1.85 bits per heavy atom. The number of urea groups is 1. The van der Waals surface area contributed by atoms with Gasteiger partial charge in [0.2, 0.25) is 0 Å². The Morgan fingerprint density at radius 3 is 2.45 bits per heavy atom. The first-order valence-corrected chi connectivity index (χ1v) is 6.76. The SMILES string of the molecule is CC(C)=CNC(=O)N1CCN(c2ccccc2F)CC1. The molecule has 0 spiro atoms. The van der Waals surface area contributed by atoms with E-state index in [9.17, 15) is 9.18 Å². The smallest absolute Gasteiger partial charge is 0.321 e. The van der Waals surface area contributed by atoms with Gasteiger partial charge in [0.05, 0.1) is 5.69 Å². The second-order valence-corrected chi connectivity index (χ2v) is 5.10. The summed E-state index contributed by atoms with van der Waals surface area (Å²) in [5.74, 6) is -0.213. The first kappa shape index (κ1) is 14.4. The second kappa shape index (κ2) is 6.41. The molecule has 1 fully saturated rings. The van der Waals surface area contributed by atoms with Crippen LogP contribution in [0.4, 0.5) is 14.9 Å². The lowest BCUT2D eigenvalue weighted by Gasteiger charge is -2.35. The summed E-state index contributed by atoms with van der Waals surface area (Å²) in [5.41, 5.74) is 1.65. The van der Waals surface area contributed by atoms with Crippen molar-refractivity contribution in [2.24, 2.45) is 0 Å². The van der Waals surface area contributed by atoms with E-state index in [0.717, 1.165) is 5.57 Å². The van der Waals surface area contributed by atoms with Crippen molar-refractivity contribution in [3.63, 3.8) is 0 Å². The fourth-order valence-electron chi connectivity index (χ4n) is 2.16. The van der Waals surface area contributed by atoms with Gasteiger partial charge in [-0.15, -0.1) is 0 Å². The summed E-state index contributed by atoms with van der Waals surface area (Å²) in [6, 6.07) is 6.64. The number of halogens is 1. The summed E-state index contributed by atoms with van der Waals surface area (Å²) in [6.45, 7) is 6.33. The number of anilines is 1. The minimum absolute atomic E-state index is 0.0978. The molecule has 0 radical (unpaired) electrons. The van der Waals surface area contributed by atoms with Crippen LogP contribution in [0, 0.1) is 5.82 Å². The molecular weight excluding hydrogens is 257 g/mol. The number of nitrogens with zero attached hydrogens (tertiary/aromatic N) is 2. The number of carbonyl (C=O) groups is 1. The molecule has 0 unspecified atom stereocenters. The third-order valence-corrected chi connectivity index (χ3v) is 3.24. The number of carbonyl (C=O) groups excluding carboxylic acids is 1. The molecule has 0 bridgehead atoms. The van der Waals surface area contributed by atoms with Gasteiger partial charge in [0, 0.05) is 32.4 Å². The number of hydrogen-bond donors (Lipinski definition) is 1. The molecule has 108 valence electrons. The van der Waals surface area contributed by atoms with Gasteiger partial charge in [-0.3, -0.25) is 0 Å². The van der Waals surface area contributed by atoms with Gasteiger partial charge in [-0.1, -0.05) is 17.7 Å². The molecule has 1 aromatic rings. The van der Waals surface area contributed by atoms with Crippen molar-refractivity contribution in [2.75, 3.05) is 31.1 Å². The van der Waals surface area contributed by atoms with Crippen LogP contribution < -0.4 is 10.2 Å². The highest BCUT2D eigenvalue weighted by Gasteiger charge is 2.21. The molecule has 1 aliphatic heterocycles. The molecule has 0 saturated carbocycles. The molecule has 0 atom stereocenters. The zero-order valence-electron chi connectivity index (χ0n) is 11.9. The van der Waals surface area contributed by atoms with E-state index in [1.807, 2.05) is 24.8 Å². The minimum Gasteiger partial charge on any atom is -0.366 e. The van der Waals surface area contributed by atoms with Crippen LogP contribution in [-0.2, 0) is 0 Å². The highest BCUT2D eigenvalue weighted by Crippen LogP contribution is 2.20. The Balaban J connectivity index is 1.91. The van der Waals surface area contributed by atoms with Crippen LogP contribution in [0.25, 0.3) is 0 Å². The van der Waals surface area contributed by atoms with Crippen molar-refractivity contribution in [1.29, 1.82) is 0 Å². The van der Waals surface area contributed by atoms with Crippen molar-refractivity contribution in [3.05, 3.63) is 41.9 Å². The van der Waals surface area contributed by atoms with Gasteiger partial charge in [-0.25, -0.2) is 9.18 Å². The van der Waals surface area contributed by atoms with E-state index in [1.54, 1.807) is 23.2 Å². The molecule has 0 aromatic heterocycles. The van der Waals surface area contributed by atoms with E-state index in [2.05, 4.69) is 5.32 Å². The van der Waals surface area contributed by atoms with Crippen molar-refractivity contribution >= 4 is 11.7 Å². The maximum Gasteiger partial charge on any atom is 0.321 e. The Hall–Kier alpha value is -2.04. The van der Waals surface area contributed by atoms with E-state index in [1.165, 1.54) is 6.07 Å². The van der Waals surface area contributed by atoms with Gasteiger partial charge in [-0.2, -0.15) is 0 Å². The predicted octanol–water partition coefficient (Wildman–Crippen LogP) is 2.58. The minimum atomic E-state index is -0.213. The summed E-state index contributed by atoms with van der Waals surface area (Å²) in [5, 5.41) is 2.75. The third-order valence-electron chi connectivity index (χ3n) is 3.24. The van der Waals surface area contributed by atoms with Crippen LogP contribution in [0.2, 0.25) is 0 Å². The lowest BCUT2D eigenvalue weighted by atomic mass is 10.2. The first-order chi connectivity index (χ1) is 9.58. The molecule has 5 heteroatoms. The van der Waals surface area contributed by atoms with E-state index < -0.39 is 0 Å². The van der Waals surface area contributed by atoms with Crippen LogP contribution >= 0.6 is 0 Å². The van der Waals surface area contributed by atoms with E-state index in [-0.39, 0.29) is 11.8 Å². The summed E-state index contributed by atoms with van der Waals surface area (Å²) in [4.78, 5) is 15.6. The summed E-state index contributed by atoms with van der Waals surface area (Å²) >= 11 is 0. The molecule has 1 saturated heterocycles. The molecule has 1 aliphatic rings. The number of piperazine rings is 1. The normalized spacial score (nSPS) is 14.9. The monoisotopic (exact) mass is 277 g/mol. The highest BCUT2D eigenvalue weighted by atomic mass is 19.1. The summed E-state index contributed by atoms with van der Waals surface area (Å²) in [7, 11) is 0. The number of nitrogens with one attached hydrogen (secondary N) is 1. The highest BCUT2D eigenvalue weighted by molar-refractivity contribution is 5.75. The zero-order chi connectivity index (χ0) is 14.5. The van der Waals surface area contributed by atoms with Crippen LogP contribution in [0.1, 0.15) is 13.8 Å². The molecular formula is C15H20FN3O. The predicted molar refractivity (Wildman–Crippen MR) is 78.1 cm³/mol. The molecule has 1 heterocycles. The van der Waals surface area contributed by atoms with Crippen molar-refractivity contribution in [1.82, 2.24) is 10.2 Å². The number of amides is 2. The van der Waals surface area contributed by atoms with Crippen molar-refractivity contribution in [3.8, 4) is 0 Å². The van der Waals surface area contributed by atoms with E-state index >= 15 is 0 Å². The average molecular weight is 277 g/mol. The molecule has 4 nitrogen and oxygen atoms in total. The Morgan fingerprint density at radius 1 is 1.20 bits per heavy atom. The van der Waals surface area contributed by atoms with Gasteiger partial charge in [-0.05, 0) is 26.0 Å². The average Bonchev–Trinajstić information content (AvgIpc) is 2.45. The number of rotatable bonds is 2. The lowest BCUT2D eigenvalue weighted by molar-refractivity contribution is 0.198. The molecule has 1 aromatic carbocycles. The first-order valence-electron chi connectivity index (χ1n) is 6.76. The fraction of sp³-hybridized carbons (Fsp3) is 0.400. The van der Waals surface area contributed by atoms with Crippen LogP contribution in [-0.4, -0.2) is 37.1 Å². The van der Waals surface area contributed by atoms with E-state index in [4.69, 9.17) is 0 Å². The van der Waals surface area contributed by atoms with Gasteiger partial charge in [0.25, 0.3) is 0 Å². The topological polar surface area (TPSA) is 35.6 Å². The fourth-order valence-corrected chi connectivity index (χ4v) is 2.16. The zero-order valence-corrected chi connectivity index (χ0v) is 11.9. The number of hydrogen-bond acceptors (Lipinski definition) is 2. The standard InChI is InChI=1S/C15H20FN3O/c1-12(2)11-17-15(20)19-9-7-18(8-10-19)14-6-4-3-5-13(14)16/h3-6,11H,7-10H2,1-2H3,(H,17,20).